The Morgan fingerprint density at radius 1 is 1.27 bits per heavy atom. The molecular weight excluding hydrogens is 393 g/mol. The summed E-state index contributed by atoms with van der Waals surface area (Å²) in [5, 5.41) is 7.84. The number of nitrogens with two attached hydrogens (primary N) is 1. The third-order valence-corrected chi connectivity index (χ3v) is 4.75. The molecule has 26 heavy (non-hydrogen) atoms. The van der Waals surface area contributed by atoms with E-state index >= 15 is 0 Å². The van der Waals surface area contributed by atoms with Crippen molar-refractivity contribution in [3.8, 4) is 0 Å². The Kier molecular flexibility index (Phi) is 9.08. The largest absolute Gasteiger partial charge is 0.347 e. The Hall–Kier alpha value is -1.60. The van der Waals surface area contributed by atoms with Crippen LogP contribution in [0.25, 0.3) is 0 Å². The third-order valence-electron chi connectivity index (χ3n) is 3.54. The SMILES string of the molecule is CC(C)C[C@H](N)C(=O)Nc1ccc(Cl)c(C(=O)NCc2cccs2)c1.Cl. The van der Waals surface area contributed by atoms with E-state index in [0.29, 0.717) is 35.2 Å². The minimum atomic E-state index is -0.591. The number of anilines is 1. The molecule has 0 saturated heterocycles. The number of hydrogen-bond donors (Lipinski definition) is 3. The summed E-state index contributed by atoms with van der Waals surface area (Å²) >= 11 is 7.69. The lowest BCUT2D eigenvalue weighted by molar-refractivity contribution is -0.117. The summed E-state index contributed by atoms with van der Waals surface area (Å²) in [5.74, 6) is -0.244. The van der Waals surface area contributed by atoms with Crippen molar-refractivity contribution >= 4 is 52.8 Å². The minimum Gasteiger partial charge on any atom is -0.347 e. The van der Waals surface area contributed by atoms with E-state index in [1.54, 1.807) is 29.5 Å². The highest BCUT2D eigenvalue weighted by atomic mass is 35.5. The number of nitrogens with one attached hydrogen (secondary N) is 2. The van der Waals surface area contributed by atoms with E-state index in [9.17, 15) is 9.59 Å². The van der Waals surface area contributed by atoms with Crippen LogP contribution in [0, 0.1) is 5.92 Å². The number of thiophene rings is 1. The van der Waals surface area contributed by atoms with Gasteiger partial charge in [0.25, 0.3) is 5.91 Å². The van der Waals surface area contributed by atoms with Crippen molar-refractivity contribution in [3.05, 3.63) is 51.2 Å². The van der Waals surface area contributed by atoms with Crippen LogP contribution in [0.15, 0.2) is 35.7 Å². The highest BCUT2D eigenvalue weighted by molar-refractivity contribution is 7.09. The van der Waals surface area contributed by atoms with Gasteiger partial charge < -0.3 is 16.4 Å². The van der Waals surface area contributed by atoms with Gasteiger partial charge in [0.1, 0.15) is 0 Å². The van der Waals surface area contributed by atoms with E-state index in [1.165, 1.54) is 0 Å². The highest BCUT2D eigenvalue weighted by Crippen LogP contribution is 2.21. The molecule has 1 heterocycles. The molecule has 0 saturated carbocycles. The van der Waals surface area contributed by atoms with Crippen molar-refractivity contribution in [3.63, 3.8) is 0 Å². The minimum absolute atomic E-state index is 0. The number of benzene rings is 1. The molecule has 0 unspecified atom stereocenters. The lowest BCUT2D eigenvalue weighted by Crippen LogP contribution is -2.36. The second-order valence-corrected chi connectivity index (χ2v) is 7.62. The van der Waals surface area contributed by atoms with E-state index in [0.717, 1.165) is 4.88 Å². The summed E-state index contributed by atoms with van der Waals surface area (Å²) in [5.41, 5.74) is 6.69. The van der Waals surface area contributed by atoms with E-state index in [4.69, 9.17) is 17.3 Å². The van der Waals surface area contributed by atoms with Crippen molar-refractivity contribution in [2.24, 2.45) is 11.7 Å². The molecular formula is C18H23Cl2N3O2S. The Balaban J connectivity index is 0.00000338. The number of carbonyl (C=O) groups is 2. The fourth-order valence-electron chi connectivity index (χ4n) is 2.30. The lowest BCUT2D eigenvalue weighted by atomic mass is 10.0. The molecule has 5 nitrogen and oxygen atoms in total. The smallest absolute Gasteiger partial charge is 0.253 e. The van der Waals surface area contributed by atoms with Crippen LogP contribution in [0.1, 0.15) is 35.5 Å². The highest BCUT2D eigenvalue weighted by Gasteiger charge is 2.17. The topological polar surface area (TPSA) is 84.2 Å². The molecule has 0 bridgehead atoms. The molecule has 142 valence electrons. The van der Waals surface area contributed by atoms with Gasteiger partial charge in [0.2, 0.25) is 5.91 Å². The Bertz CT molecular complexity index is 736. The van der Waals surface area contributed by atoms with E-state index in [1.807, 2.05) is 31.4 Å². The summed E-state index contributed by atoms with van der Waals surface area (Å²) in [7, 11) is 0. The molecule has 2 aromatic rings. The normalized spacial score (nSPS) is 11.6. The molecule has 0 aliphatic heterocycles. The molecule has 1 atom stereocenters. The van der Waals surface area contributed by atoms with Crippen LogP contribution >= 0.6 is 35.3 Å². The maximum Gasteiger partial charge on any atom is 0.253 e. The van der Waals surface area contributed by atoms with Gasteiger partial charge >= 0.3 is 0 Å². The Morgan fingerprint density at radius 3 is 2.62 bits per heavy atom. The van der Waals surface area contributed by atoms with E-state index < -0.39 is 6.04 Å². The molecule has 0 aliphatic rings. The van der Waals surface area contributed by atoms with Crippen LogP contribution in [0.3, 0.4) is 0 Å². The van der Waals surface area contributed by atoms with E-state index in [2.05, 4.69) is 10.6 Å². The third kappa shape index (κ3) is 6.61. The van der Waals surface area contributed by atoms with Gasteiger partial charge in [0.15, 0.2) is 0 Å². The molecule has 0 spiro atoms. The number of carbonyl (C=O) groups excluding carboxylic acids is 2. The molecule has 1 aromatic carbocycles. The number of hydrogen-bond acceptors (Lipinski definition) is 4. The molecule has 2 amide bonds. The zero-order valence-corrected chi connectivity index (χ0v) is 17.0. The summed E-state index contributed by atoms with van der Waals surface area (Å²) < 4.78 is 0. The first kappa shape index (κ1) is 22.4. The van der Waals surface area contributed by atoms with Gasteiger partial charge in [0.05, 0.1) is 23.2 Å². The molecule has 2 rings (SSSR count). The van der Waals surface area contributed by atoms with Crippen molar-refractivity contribution in [1.29, 1.82) is 0 Å². The van der Waals surface area contributed by atoms with Crippen LogP contribution in [0.4, 0.5) is 5.69 Å². The van der Waals surface area contributed by atoms with Crippen molar-refractivity contribution in [2.75, 3.05) is 5.32 Å². The number of rotatable bonds is 7. The van der Waals surface area contributed by atoms with Crippen molar-refractivity contribution < 1.29 is 9.59 Å². The molecule has 0 fully saturated rings. The molecule has 4 N–H and O–H groups in total. The Morgan fingerprint density at radius 2 is 2.00 bits per heavy atom. The van der Waals surface area contributed by atoms with Gasteiger partial charge in [-0.05, 0) is 42.0 Å². The van der Waals surface area contributed by atoms with Gasteiger partial charge in [-0.2, -0.15) is 0 Å². The van der Waals surface area contributed by atoms with Crippen LogP contribution in [0.5, 0.6) is 0 Å². The van der Waals surface area contributed by atoms with Crippen LogP contribution in [-0.2, 0) is 11.3 Å². The standard InChI is InChI=1S/C18H22ClN3O2S.ClH/c1-11(2)8-16(20)18(24)22-12-5-6-15(19)14(9-12)17(23)21-10-13-4-3-7-25-13;/h3-7,9,11,16H,8,10,20H2,1-2H3,(H,21,23)(H,22,24);1H/t16-;/m0./s1. The quantitative estimate of drug-likeness (QED) is 0.636. The van der Waals surface area contributed by atoms with E-state index in [-0.39, 0.29) is 24.2 Å². The van der Waals surface area contributed by atoms with Crippen molar-refractivity contribution in [1.82, 2.24) is 5.32 Å². The van der Waals surface area contributed by atoms with Gasteiger partial charge in [-0.15, -0.1) is 23.7 Å². The van der Waals surface area contributed by atoms with Gasteiger partial charge in [-0.25, -0.2) is 0 Å². The first-order chi connectivity index (χ1) is 11.9. The zero-order valence-electron chi connectivity index (χ0n) is 14.6. The van der Waals surface area contributed by atoms with Crippen LogP contribution in [0.2, 0.25) is 5.02 Å². The number of halogens is 2. The first-order valence-corrected chi connectivity index (χ1v) is 9.29. The zero-order chi connectivity index (χ0) is 18.4. The molecule has 8 heteroatoms. The molecule has 0 radical (unpaired) electrons. The fraction of sp³-hybridized carbons (Fsp3) is 0.333. The maximum atomic E-state index is 12.3. The lowest BCUT2D eigenvalue weighted by Gasteiger charge is -2.15. The second kappa shape index (κ2) is 10.5. The van der Waals surface area contributed by atoms with Gasteiger partial charge in [0, 0.05) is 10.6 Å². The average molecular weight is 416 g/mol. The second-order valence-electron chi connectivity index (χ2n) is 6.18. The summed E-state index contributed by atoms with van der Waals surface area (Å²) in [4.78, 5) is 25.5. The maximum absolute atomic E-state index is 12.3. The van der Waals surface area contributed by atoms with Crippen molar-refractivity contribution in [2.45, 2.75) is 32.9 Å². The summed E-state index contributed by atoms with van der Waals surface area (Å²) in [6.45, 7) is 4.44. The van der Waals surface area contributed by atoms with Gasteiger partial charge in [-0.3, -0.25) is 9.59 Å². The summed E-state index contributed by atoms with van der Waals surface area (Å²) in [6.07, 6.45) is 0.591. The first-order valence-electron chi connectivity index (χ1n) is 8.03. The van der Waals surface area contributed by atoms with Crippen LogP contribution in [-0.4, -0.2) is 17.9 Å². The van der Waals surface area contributed by atoms with Gasteiger partial charge in [-0.1, -0.05) is 31.5 Å². The van der Waals surface area contributed by atoms with Crippen LogP contribution < -0.4 is 16.4 Å². The Labute approximate surface area is 168 Å². The average Bonchev–Trinajstić information content (AvgIpc) is 3.07. The summed E-state index contributed by atoms with van der Waals surface area (Å²) in [6, 6.07) is 8.08. The monoisotopic (exact) mass is 415 g/mol. The molecule has 0 aliphatic carbocycles. The fourth-order valence-corrected chi connectivity index (χ4v) is 3.15. The predicted octanol–water partition coefficient (Wildman–Crippen LogP) is 4.07. The number of amides is 2. The predicted molar refractivity (Wildman–Crippen MR) is 110 cm³/mol. The molecule has 1 aromatic heterocycles.